The van der Waals surface area contributed by atoms with Gasteiger partial charge in [-0.3, -0.25) is 4.79 Å². The lowest BCUT2D eigenvalue weighted by Gasteiger charge is -2.00. The second kappa shape index (κ2) is 6.13. The minimum absolute atomic E-state index is 0.245. The maximum absolute atomic E-state index is 12.2. The van der Waals surface area contributed by atoms with E-state index >= 15 is 0 Å². The average Bonchev–Trinajstić information content (AvgIpc) is 3.35. The lowest BCUT2D eigenvalue weighted by atomic mass is 10.0. The topological polar surface area (TPSA) is 83.3 Å². The number of para-hydroxylation sites is 1. The Kier molecular flexibility index (Phi) is 3.67. The molecule has 6 nitrogen and oxygen atoms in total. The molecular weight excluding hydrogens is 316 g/mol. The number of rotatable bonds is 4. The first-order chi connectivity index (χ1) is 12.3. The SMILES string of the molecule is N#CCCn1cc(/C=C2\C(=O)NN=C2c2ccoc2)c2ccccc21. The zero-order valence-corrected chi connectivity index (χ0v) is 13.3. The van der Waals surface area contributed by atoms with Gasteiger partial charge in [-0.2, -0.15) is 10.4 Å². The number of benzene rings is 1. The predicted molar refractivity (Wildman–Crippen MR) is 93.5 cm³/mol. The second-order valence-corrected chi connectivity index (χ2v) is 5.67. The van der Waals surface area contributed by atoms with Crippen LogP contribution >= 0.6 is 0 Å². The molecule has 0 unspecified atom stereocenters. The van der Waals surface area contributed by atoms with E-state index < -0.39 is 0 Å². The van der Waals surface area contributed by atoms with E-state index in [1.807, 2.05) is 41.1 Å². The van der Waals surface area contributed by atoms with Crippen LogP contribution in [0.4, 0.5) is 0 Å². The Morgan fingerprint density at radius 3 is 3.00 bits per heavy atom. The van der Waals surface area contributed by atoms with Gasteiger partial charge in [-0.05, 0) is 18.2 Å². The average molecular weight is 330 g/mol. The third-order valence-corrected chi connectivity index (χ3v) is 4.15. The Hall–Kier alpha value is -3.59. The maximum atomic E-state index is 12.2. The van der Waals surface area contributed by atoms with E-state index in [4.69, 9.17) is 9.68 Å². The molecule has 0 bridgehead atoms. The van der Waals surface area contributed by atoms with Gasteiger partial charge < -0.3 is 8.98 Å². The molecule has 0 saturated carbocycles. The molecule has 6 heteroatoms. The molecule has 0 aliphatic carbocycles. The minimum atomic E-state index is -0.245. The lowest BCUT2D eigenvalue weighted by molar-refractivity contribution is -0.116. The Morgan fingerprint density at radius 2 is 2.20 bits per heavy atom. The molecule has 0 spiro atoms. The van der Waals surface area contributed by atoms with Crippen molar-refractivity contribution in [2.24, 2.45) is 5.10 Å². The van der Waals surface area contributed by atoms with Gasteiger partial charge in [-0.25, -0.2) is 5.43 Å². The number of carbonyl (C=O) groups excluding carboxylic acids is 1. The van der Waals surface area contributed by atoms with Crippen molar-refractivity contribution in [1.82, 2.24) is 9.99 Å². The number of furan rings is 1. The standard InChI is InChI=1S/C19H14N4O2/c20-7-3-8-23-11-14(15-4-1-2-5-17(15)23)10-16-18(21-22-19(16)24)13-6-9-25-12-13/h1-2,4-6,9-12H,3,8H2,(H,22,24)/b16-10-. The first-order valence-corrected chi connectivity index (χ1v) is 7.85. The molecule has 1 aliphatic rings. The number of aromatic nitrogens is 1. The van der Waals surface area contributed by atoms with Crippen LogP contribution in [0.15, 0.2) is 64.1 Å². The molecule has 1 amide bonds. The van der Waals surface area contributed by atoms with E-state index in [0.29, 0.717) is 24.3 Å². The van der Waals surface area contributed by atoms with Crippen LogP contribution in [0.3, 0.4) is 0 Å². The molecule has 1 aromatic carbocycles. The summed E-state index contributed by atoms with van der Waals surface area (Å²) >= 11 is 0. The number of aryl methyl sites for hydroxylation is 1. The number of hydrogen-bond donors (Lipinski definition) is 1. The normalized spacial score (nSPS) is 15.4. The van der Waals surface area contributed by atoms with Crippen molar-refractivity contribution < 1.29 is 9.21 Å². The fraction of sp³-hybridized carbons (Fsp3) is 0.105. The predicted octanol–water partition coefficient (Wildman–Crippen LogP) is 3.07. The fourth-order valence-corrected chi connectivity index (χ4v) is 2.99. The molecule has 0 fully saturated rings. The number of fused-ring (bicyclic) bond motifs is 1. The molecule has 1 N–H and O–H groups in total. The molecule has 0 radical (unpaired) electrons. The van der Waals surface area contributed by atoms with Crippen LogP contribution in [0, 0.1) is 11.3 Å². The van der Waals surface area contributed by atoms with Crippen LogP contribution in [0.5, 0.6) is 0 Å². The van der Waals surface area contributed by atoms with E-state index in [0.717, 1.165) is 22.0 Å². The highest BCUT2D eigenvalue weighted by Gasteiger charge is 2.25. The zero-order chi connectivity index (χ0) is 17.2. The summed E-state index contributed by atoms with van der Waals surface area (Å²) in [6, 6.07) is 11.9. The molecule has 4 rings (SSSR count). The monoisotopic (exact) mass is 330 g/mol. The summed E-state index contributed by atoms with van der Waals surface area (Å²) in [5.41, 5.74) is 6.25. The van der Waals surface area contributed by atoms with Crippen molar-refractivity contribution >= 4 is 28.6 Å². The fourth-order valence-electron chi connectivity index (χ4n) is 2.99. The summed E-state index contributed by atoms with van der Waals surface area (Å²) in [4.78, 5) is 12.2. The van der Waals surface area contributed by atoms with Crippen molar-refractivity contribution in [2.45, 2.75) is 13.0 Å². The first-order valence-electron chi connectivity index (χ1n) is 7.85. The highest BCUT2D eigenvalue weighted by molar-refractivity contribution is 6.33. The number of nitrogens with one attached hydrogen (secondary N) is 1. The first kappa shape index (κ1) is 15.0. The van der Waals surface area contributed by atoms with Crippen molar-refractivity contribution in [3.8, 4) is 6.07 Å². The summed E-state index contributed by atoms with van der Waals surface area (Å²) in [5.74, 6) is -0.245. The lowest BCUT2D eigenvalue weighted by Crippen LogP contribution is -2.13. The quantitative estimate of drug-likeness (QED) is 0.746. The van der Waals surface area contributed by atoms with Gasteiger partial charge in [0.25, 0.3) is 5.91 Å². The van der Waals surface area contributed by atoms with Crippen molar-refractivity contribution in [1.29, 1.82) is 5.26 Å². The maximum Gasteiger partial charge on any atom is 0.273 e. The van der Waals surface area contributed by atoms with Gasteiger partial charge in [0.1, 0.15) is 5.71 Å². The van der Waals surface area contributed by atoms with Gasteiger partial charge in [0, 0.05) is 34.8 Å². The Bertz CT molecular complexity index is 1050. The molecule has 3 heterocycles. The number of amides is 1. The zero-order valence-electron chi connectivity index (χ0n) is 13.3. The molecule has 0 saturated heterocycles. The van der Waals surface area contributed by atoms with Gasteiger partial charge in [0.05, 0.1) is 30.6 Å². The van der Waals surface area contributed by atoms with E-state index in [1.165, 1.54) is 0 Å². The van der Waals surface area contributed by atoms with Crippen LogP contribution in [0.1, 0.15) is 17.5 Å². The summed E-state index contributed by atoms with van der Waals surface area (Å²) in [5, 5.41) is 14.0. The molecule has 2 aromatic heterocycles. The number of carbonyl (C=O) groups is 1. The summed E-state index contributed by atoms with van der Waals surface area (Å²) in [6.07, 6.45) is 7.33. The van der Waals surface area contributed by atoms with Crippen LogP contribution in [0.25, 0.3) is 17.0 Å². The second-order valence-electron chi connectivity index (χ2n) is 5.67. The molecule has 1 aliphatic heterocycles. The smallest absolute Gasteiger partial charge is 0.273 e. The van der Waals surface area contributed by atoms with Crippen molar-refractivity contribution in [3.05, 3.63) is 65.8 Å². The highest BCUT2D eigenvalue weighted by atomic mass is 16.3. The summed E-state index contributed by atoms with van der Waals surface area (Å²) < 4.78 is 7.13. The highest BCUT2D eigenvalue weighted by Crippen LogP contribution is 2.26. The third-order valence-electron chi connectivity index (χ3n) is 4.15. The van der Waals surface area contributed by atoms with Gasteiger partial charge in [-0.15, -0.1) is 0 Å². The van der Waals surface area contributed by atoms with E-state index in [9.17, 15) is 4.79 Å². The summed E-state index contributed by atoms with van der Waals surface area (Å²) in [6.45, 7) is 0.606. The Labute approximate surface area is 143 Å². The molecule has 122 valence electrons. The largest absolute Gasteiger partial charge is 0.472 e. The van der Waals surface area contributed by atoms with E-state index in [2.05, 4.69) is 16.6 Å². The van der Waals surface area contributed by atoms with E-state index in [-0.39, 0.29) is 5.91 Å². The third kappa shape index (κ3) is 2.62. The van der Waals surface area contributed by atoms with Crippen LogP contribution in [-0.2, 0) is 11.3 Å². The van der Waals surface area contributed by atoms with Crippen molar-refractivity contribution in [3.63, 3.8) is 0 Å². The van der Waals surface area contributed by atoms with Crippen LogP contribution < -0.4 is 5.43 Å². The van der Waals surface area contributed by atoms with Gasteiger partial charge in [0.15, 0.2) is 0 Å². The van der Waals surface area contributed by atoms with Gasteiger partial charge in [0.2, 0.25) is 0 Å². The Balaban J connectivity index is 1.82. The van der Waals surface area contributed by atoms with Crippen molar-refractivity contribution in [2.75, 3.05) is 0 Å². The van der Waals surface area contributed by atoms with E-state index in [1.54, 1.807) is 18.6 Å². The number of hydrazone groups is 1. The number of nitrogens with zero attached hydrogens (tertiary/aromatic N) is 3. The summed E-state index contributed by atoms with van der Waals surface area (Å²) in [7, 11) is 0. The van der Waals surface area contributed by atoms with Gasteiger partial charge >= 0.3 is 0 Å². The minimum Gasteiger partial charge on any atom is -0.472 e. The number of hydrogen-bond acceptors (Lipinski definition) is 4. The molecule has 3 aromatic rings. The molecular formula is C19H14N4O2. The number of nitriles is 1. The van der Waals surface area contributed by atoms with Gasteiger partial charge in [-0.1, -0.05) is 18.2 Å². The molecule has 25 heavy (non-hydrogen) atoms. The Morgan fingerprint density at radius 1 is 1.32 bits per heavy atom. The molecule has 0 atom stereocenters. The van der Waals surface area contributed by atoms with Crippen LogP contribution in [-0.4, -0.2) is 16.2 Å². The van der Waals surface area contributed by atoms with Crippen LogP contribution in [0.2, 0.25) is 0 Å².